The van der Waals surface area contributed by atoms with Crippen LogP contribution in [0.2, 0.25) is 0 Å². The number of hydrogen-bond acceptors (Lipinski definition) is 3. The second-order valence-electron chi connectivity index (χ2n) is 7.94. The molecule has 0 aromatic heterocycles. The number of hydrogen-bond donors (Lipinski definition) is 1. The van der Waals surface area contributed by atoms with Crippen LogP contribution in [0.15, 0.2) is 35.9 Å². The van der Waals surface area contributed by atoms with Crippen molar-refractivity contribution in [1.82, 2.24) is 0 Å². The van der Waals surface area contributed by atoms with E-state index in [1.807, 2.05) is 0 Å². The van der Waals surface area contributed by atoms with Crippen LogP contribution in [0, 0.1) is 17.8 Å². The van der Waals surface area contributed by atoms with Gasteiger partial charge in [0.05, 0.1) is 12.2 Å². The molecule has 0 amide bonds. The fourth-order valence-corrected chi connectivity index (χ4v) is 2.74. The Balaban J connectivity index is 2.50. The highest BCUT2D eigenvalue weighted by atomic mass is 16.5. The molecule has 1 aromatic rings. The normalized spacial score (nSPS) is 13.6. The Labute approximate surface area is 171 Å². The molecule has 0 spiro atoms. The molecule has 1 aromatic carbocycles. The maximum absolute atomic E-state index is 12.2. The Morgan fingerprint density at radius 2 is 1.93 bits per heavy atom. The summed E-state index contributed by atoms with van der Waals surface area (Å²) < 4.78 is 5.40. The Morgan fingerprint density at radius 1 is 1.25 bits per heavy atom. The van der Waals surface area contributed by atoms with Crippen LogP contribution in [0.25, 0.3) is 0 Å². The van der Waals surface area contributed by atoms with E-state index < -0.39 is 5.60 Å². The molecular weight excluding hydrogens is 348 g/mol. The van der Waals surface area contributed by atoms with Gasteiger partial charge in [-0.3, -0.25) is 0 Å². The van der Waals surface area contributed by atoms with Gasteiger partial charge in [0.25, 0.3) is 0 Å². The maximum atomic E-state index is 12.2. The lowest BCUT2D eigenvalue weighted by molar-refractivity contribution is 0.0483. The molecule has 0 saturated carbocycles. The topological polar surface area (TPSA) is 46.5 Å². The van der Waals surface area contributed by atoms with Crippen LogP contribution in [0.5, 0.6) is 0 Å². The van der Waals surface area contributed by atoms with E-state index in [0.717, 1.165) is 38.5 Å². The molecular formula is C25H36O3. The van der Waals surface area contributed by atoms with Gasteiger partial charge >= 0.3 is 5.97 Å². The molecule has 0 radical (unpaired) electrons. The quantitative estimate of drug-likeness (QED) is 0.232. The number of carbonyl (C=O) groups excluding carboxylic acids is 1. The zero-order chi connectivity index (χ0) is 21.0. The highest BCUT2D eigenvalue weighted by molar-refractivity contribution is 5.89. The van der Waals surface area contributed by atoms with Crippen LogP contribution < -0.4 is 0 Å². The second kappa shape index (κ2) is 12.4. The maximum Gasteiger partial charge on any atom is 0.338 e. The molecule has 0 aliphatic rings. The largest absolute Gasteiger partial charge is 0.462 e. The smallest absolute Gasteiger partial charge is 0.338 e. The zero-order valence-electron chi connectivity index (χ0n) is 18.2. The van der Waals surface area contributed by atoms with E-state index in [2.05, 4.69) is 45.6 Å². The first-order valence-electron chi connectivity index (χ1n) is 10.4. The van der Waals surface area contributed by atoms with Gasteiger partial charge in [0, 0.05) is 6.42 Å². The van der Waals surface area contributed by atoms with Crippen molar-refractivity contribution in [2.75, 3.05) is 6.61 Å². The first-order valence-corrected chi connectivity index (χ1v) is 10.4. The molecule has 0 aliphatic heterocycles. The van der Waals surface area contributed by atoms with E-state index >= 15 is 0 Å². The van der Waals surface area contributed by atoms with Crippen molar-refractivity contribution < 1.29 is 14.6 Å². The van der Waals surface area contributed by atoms with E-state index in [-0.39, 0.29) is 5.97 Å². The van der Waals surface area contributed by atoms with Crippen molar-refractivity contribution in [3.63, 3.8) is 0 Å². The molecule has 0 fully saturated rings. The van der Waals surface area contributed by atoms with Crippen molar-refractivity contribution in [2.45, 2.75) is 78.7 Å². The van der Waals surface area contributed by atoms with Crippen molar-refractivity contribution >= 4 is 5.97 Å². The van der Waals surface area contributed by atoms with Gasteiger partial charge in [-0.15, -0.1) is 0 Å². The van der Waals surface area contributed by atoms with Gasteiger partial charge in [-0.05, 0) is 70.1 Å². The van der Waals surface area contributed by atoms with E-state index in [9.17, 15) is 9.90 Å². The molecule has 1 rings (SSSR count). The predicted molar refractivity (Wildman–Crippen MR) is 116 cm³/mol. The van der Waals surface area contributed by atoms with Crippen LogP contribution in [0.4, 0.5) is 0 Å². The Hall–Kier alpha value is -2.05. The molecule has 0 aliphatic carbocycles. The highest BCUT2D eigenvalue weighted by Crippen LogP contribution is 2.21. The van der Waals surface area contributed by atoms with Gasteiger partial charge in [-0.25, -0.2) is 4.79 Å². The van der Waals surface area contributed by atoms with E-state index in [1.54, 1.807) is 31.2 Å². The van der Waals surface area contributed by atoms with Crippen molar-refractivity contribution in [1.29, 1.82) is 0 Å². The van der Waals surface area contributed by atoms with Crippen LogP contribution in [0.3, 0.4) is 0 Å². The summed E-state index contributed by atoms with van der Waals surface area (Å²) in [6, 6.07) is 6.87. The molecule has 3 heteroatoms. The van der Waals surface area contributed by atoms with Crippen LogP contribution >= 0.6 is 0 Å². The van der Waals surface area contributed by atoms with Gasteiger partial charge in [0.2, 0.25) is 0 Å². The molecule has 0 saturated heterocycles. The van der Waals surface area contributed by atoms with Crippen molar-refractivity contribution in [3.8, 4) is 11.8 Å². The molecule has 154 valence electrons. The summed E-state index contributed by atoms with van der Waals surface area (Å²) >= 11 is 0. The molecule has 28 heavy (non-hydrogen) atoms. The van der Waals surface area contributed by atoms with Gasteiger partial charge in [0.1, 0.15) is 5.60 Å². The zero-order valence-corrected chi connectivity index (χ0v) is 18.2. The van der Waals surface area contributed by atoms with E-state index in [0.29, 0.717) is 23.7 Å². The molecule has 2 atom stereocenters. The summed E-state index contributed by atoms with van der Waals surface area (Å²) in [5, 5.41) is 10.5. The Morgan fingerprint density at radius 3 is 2.54 bits per heavy atom. The highest BCUT2D eigenvalue weighted by Gasteiger charge is 2.20. The first kappa shape index (κ1) is 24.0. The monoisotopic (exact) mass is 384 g/mol. The molecule has 0 heterocycles. The number of aliphatic hydroxyl groups is 1. The van der Waals surface area contributed by atoms with Crippen LogP contribution in [0.1, 0.15) is 89.1 Å². The third kappa shape index (κ3) is 9.24. The van der Waals surface area contributed by atoms with Crippen LogP contribution in [-0.2, 0) is 10.3 Å². The lowest BCUT2D eigenvalue weighted by atomic mass is 9.95. The summed E-state index contributed by atoms with van der Waals surface area (Å²) in [4.78, 5) is 12.2. The fraction of sp³-hybridized carbons (Fsp3) is 0.560. The van der Waals surface area contributed by atoms with E-state index in [4.69, 9.17) is 4.74 Å². The number of unbranched alkanes of at least 4 members (excludes halogenated alkanes) is 2. The number of esters is 1. The summed E-state index contributed by atoms with van der Waals surface area (Å²) in [7, 11) is 0. The summed E-state index contributed by atoms with van der Waals surface area (Å²) in [5.41, 5.74) is 1.31. The number of ether oxygens (including phenoxy) is 1. The Kier molecular flexibility index (Phi) is 10.6. The predicted octanol–water partition coefficient (Wildman–Crippen LogP) is 6.02. The minimum Gasteiger partial charge on any atom is -0.462 e. The van der Waals surface area contributed by atoms with Gasteiger partial charge in [-0.2, -0.15) is 0 Å². The number of allylic oxidation sites excluding steroid dienone is 2. The number of rotatable bonds is 10. The first-order chi connectivity index (χ1) is 13.3. The average Bonchev–Trinajstić information content (AvgIpc) is 2.65. The van der Waals surface area contributed by atoms with Gasteiger partial charge in [-0.1, -0.05) is 55.9 Å². The van der Waals surface area contributed by atoms with Crippen molar-refractivity contribution in [3.05, 3.63) is 47.0 Å². The number of carbonyl (C=O) groups is 1. The van der Waals surface area contributed by atoms with E-state index in [1.165, 1.54) is 5.57 Å². The lowest BCUT2D eigenvalue weighted by Gasteiger charge is -2.17. The minimum atomic E-state index is -1.21. The molecule has 3 nitrogen and oxygen atoms in total. The van der Waals surface area contributed by atoms with Crippen LogP contribution in [-0.4, -0.2) is 17.7 Å². The molecule has 0 bridgehead atoms. The average molecular weight is 385 g/mol. The third-order valence-corrected chi connectivity index (χ3v) is 4.73. The fourth-order valence-electron chi connectivity index (χ4n) is 2.74. The lowest BCUT2D eigenvalue weighted by Crippen LogP contribution is -2.18. The summed E-state index contributed by atoms with van der Waals surface area (Å²) in [6.45, 7) is 10.6. The van der Waals surface area contributed by atoms with Gasteiger partial charge < -0.3 is 9.84 Å². The standard InChI is InChI=1S/C25H36O3/c1-6-7-8-9-18-25(5,27)23-15-13-22(14-16-23)24(26)28-19-17-21(4)12-10-11-20(2)3/h11,13-16,21,27H,6-8,10,12,17,19H2,1-5H3/t21-,25?/m0/s1. The molecule has 1 N–H and O–H groups in total. The second-order valence-corrected chi connectivity index (χ2v) is 7.94. The Bertz CT molecular complexity index is 683. The minimum absolute atomic E-state index is 0.322. The summed E-state index contributed by atoms with van der Waals surface area (Å²) in [5.74, 6) is 6.14. The third-order valence-electron chi connectivity index (χ3n) is 4.73. The summed E-state index contributed by atoms with van der Waals surface area (Å²) in [6.07, 6.45) is 8.18. The number of benzene rings is 1. The molecule has 1 unspecified atom stereocenters. The SMILES string of the molecule is CCCCC#CC(C)(O)c1ccc(C(=O)OCC[C@@H](C)CCC=C(C)C)cc1. The van der Waals surface area contributed by atoms with Crippen molar-refractivity contribution in [2.24, 2.45) is 5.92 Å². The van der Waals surface area contributed by atoms with Gasteiger partial charge in [0.15, 0.2) is 0 Å².